The Morgan fingerprint density at radius 3 is 2.43 bits per heavy atom. The highest BCUT2D eigenvalue weighted by Gasteiger charge is 2.39. The molecule has 0 bridgehead atoms. The van der Waals surface area contributed by atoms with Gasteiger partial charge in [-0.1, -0.05) is 13.8 Å². The van der Waals surface area contributed by atoms with Gasteiger partial charge >= 0.3 is 0 Å². The largest absolute Gasteiger partial charge is 0.381 e. The van der Waals surface area contributed by atoms with Crippen LogP contribution in [0.2, 0.25) is 0 Å². The standard InChI is InChI=1S/C16H28N2O3/c1-3-7-17(8-4-2)16(20)13-11-15(19)18(12-13)14-5-9-21-10-6-14/h13-14H,3-12H2,1-2H3. The topological polar surface area (TPSA) is 49.9 Å². The van der Waals surface area contributed by atoms with Gasteiger partial charge in [-0.05, 0) is 25.7 Å². The average molecular weight is 296 g/mol. The Kier molecular flexibility index (Phi) is 6.03. The molecule has 0 aromatic carbocycles. The van der Waals surface area contributed by atoms with Crippen molar-refractivity contribution in [1.29, 1.82) is 0 Å². The molecule has 2 heterocycles. The van der Waals surface area contributed by atoms with E-state index < -0.39 is 0 Å². The highest BCUT2D eigenvalue weighted by atomic mass is 16.5. The van der Waals surface area contributed by atoms with Gasteiger partial charge in [-0.15, -0.1) is 0 Å². The lowest BCUT2D eigenvalue weighted by Crippen LogP contribution is -2.42. The van der Waals surface area contributed by atoms with Crippen LogP contribution in [0.3, 0.4) is 0 Å². The normalized spacial score (nSPS) is 23.6. The van der Waals surface area contributed by atoms with Crippen molar-refractivity contribution in [3.05, 3.63) is 0 Å². The number of carbonyl (C=O) groups is 2. The average Bonchev–Trinajstić information content (AvgIpc) is 2.89. The second-order valence-corrected chi connectivity index (χ2v) is 6.12. The Balaban J connectivity index is 1.95. The van der Waals surface area contributed by atoms with E-state index in [4.69, 9.17) is 4.74 Å². The molecule has 0 saturated carbocycles. The number of amides is 2. The molecule has 21 heavy (non-hydrogen) atoms. The van der Waals surface area contributed by atoms with Crippen molar-refractivity contribution >= 4 is 11.8 Å². The van der Waals surface area contributed by atoms with E-state index in [2.05, 4.69) is 13.8 Å². The molecule has 2 aliphatic heterocycles. The number of likely N-dealkylation sites (tertiary alicyclic amines) is 1. The molecule has 0 aromatic heterocycles. The van der Waals surface area contributed by atoms with Gasteiger partial charge < -0.3 is 14.5 Å². The molecule has 0 aliphatic carbocycles. The van der Waals surface area contributed by atoms with Crippen LogP contribution in [0.4, 0.5) is 0 Å². The van der Waals surface area contributed by atoms with Crippen molar-refractivity contribution in [3.63, 3.8) is 0 Å². The molecule has 2 fully saturated rings. The minimum atomic E-state index is -0.140. The molecule has 2 aliphatic rings. The molecule has 2 saturated heterocycles. The summed E-state index contributed by atoms with van der Waals surface area (Å²) >= 11 is 0. The number of rotatable bonds is 6. The van der Waals surface area contributed by atoms with E-state index in [-0.39, 0.29) is 23.8 Å². The molecule has 5 nitrogen and oxygen atoms in total. The number of nitrogens with zero attached hydrogens (tertiary/aromatic N) is 2. The van der Waals surface area contributed by atoms with Crippen molar-refractivity contribution < 1.29 is 14.3 Å². The van der Waals surface area contributed by atoms with E-state index in [1.807, 2.05) is 9.80 Å². The van der Waals surface area contributed by atoms with E-state index in [9.17, 15) is 9.59 Å². The van der Waals surface area contributed by atoms with Gasteiger partial charge in [0.05, 0.1) is 5.92 Å². The summed E-state index contributed by atoms with van der Waals surface area (Å²) in [6, 6.07) is 0.273. The molecular formula is C16H28N2O3. The van der Waals surface area contributed by atoms with E-state index >= 15 is 0 Å². The first-order valence-corrected chi connectivity index (χ1v) is 8.33. The smallest absolute Gasteiger partial charge is 0.227 e. The third kappa shape index (κ3) is 3.96. The monoisotopic (exact) mass is 296 g/mol. The summed E-state index contributed by atoms with van der Waals surface area (Å²) in [5.41, 5.74) is 0. The zero-order chi connectivity index (χ0) is 15.2. The predicted molar refractivity (Wildman–Crippen MR) is 80.8 cm³/mol. The number of carbonyl (C=O) groups excluding carboxylic acids is 2. The summed E-state index contributed by atoms with van der Waals surface area (Å²) in [6.45, 7) is 7.83. The van der Waals surface area contributed by atoms with Gasteiger partial charge in [0.1, 0.15) is 0 Å². The summed E-state index contributed by atoms with van der Waals surface area (Å²) < 4.78 is 5.36. The first-order valence-electron chi connectivity index (χ1n) is 8.33. The third-order valence-corrected chi connectivity index (χ3v) is 4.44. The SMILES string of the molecule is CCCN(CCC)C(=O)C1CC(=O)N(C2CCOCC2)C1. The zero-order valence-electron chi connectivity index (χ0n) is 13.3. The molecule has 1 atom stereocenters. The maximum Gasteiger partial charge on any atom is 0.227 e. The molecule has 120 valence electrons. The summed E-state index contributed by atoms with van der Waals surface area (Å²) in [7, 11) is 0. The zero-order valence-corrected chi connectivity index (χ0v) is 13.3. The fourth-order valence-corrected chi connectivity index (χ4v) is 3.38. The van der Waals surface area contributed by atoms with Crippen LogP contribution in [0.25, 0.3) is 0 Å². The molecule has 0 spiro atoms. The van der Waals surface area contributed by atoms with Gasteiger partial charge in [-0.2, -0.15) is 0 Å². The molecular weight excluding hydrogens is 268 g/mol. The molecule has 5 heteroatoms. The van der Waals surface area contributed by atoms with E-state index in [1.165, 1.54) is 0 Å². The Morgan fingerprint density at radius 1 is 1.24 bits per heavy atom. The van der Waals surface area contributed by atoms with Crippen LogP contribution in [0, 0.1) is 5.92 Å². The van der Waals surface area contributed by atoms with Gasteiger partial charge in [-0.3, -0.25) is 9.59 Å². The number of hydrogen-bond donors (Lipinski definition) is 0. The number of ether oxygens (including phenoxy) is 1. The van der Waals surface area contributed by atoms with Crippen molar-refractivity contribution in [1.82, 2.24) is 9.80 Å². The molecule has 0 radical (unpaired) electrons. The van der Waals surface area contributed by atoms with Crippen LogP contribution in [0.15, 0.2) is 0 Å². The van der Waals surface area contributed by atoms with Gasteiger partial charge in [0.15, 0.2) is 0 Å². The first-order chi connectivity index (χ1) is 10.2. The molecule has 2 amide bonds. The highest BCUT2D eigenvalue weighted by Crippen LogP contribution is 2.26. The maximum atomic E-state index is 12.6. The maximum absolute atomic E-state index is 12.6. The van der Waals surface area contributed by atoms with Crippen molar-refractivity contribution in [2.24, 2.45) is 5.92 Å². The minimum absolute atomic E-state index is 0.140. The van der Waals surface area contributed by atoms with Gasteiger partial charge in [0.2, 0.25) is 11.8 Å². The molecule has 2 rings (SSSR count). The van der Waals surface area contributed by atoms with Gasteiger partial charge in [0, 0.05) is 45.3 Å². The van der Waals surface area contributed by atoms with Gasteiger partial charge in [-0.25, -0.2) is 0 Å². The van der Waals surface area contributed by atoms with Crippen LogP contribution in [-0.4, -0.2) is 60.5 Å². The van der Waals surface area contributed by atoms with Crippen LogP contribution < -0.4 is 0 Å². The Labute approximate surface area is 127 Å². The second-order valence-electron chi connectivity index (χ2n) is 6.12. The summed E-state index contributed by atoms with van der Waals surface area (Å²) in [5.74, 6) is 0.174. The van der Waals surface area contributed by atoms with Crippen molar-refractivity contribution in [2.45, 2.75) is 52.0 Å². The lowest BCUT2D eigenvalue weighted by atomic mass is 10.1. The van der Waals surface area contributed by atoms with Crippen molar-refractivity contribution in [3.8, 4) is 0 Å². The summed E-state index contributed by atoms with van der Waals surface area (Å²) in [6.07, 6.45) is 4.13. The van der Waals surface area contributed by atoms with Crippen LogP contribution in [0.5, 0.6) is 0 Å². The van der Waals surface area contributed by atoms with Crippen LogP contribution >= 0.6 is 0 Å². The molecule has 0 N–H and O–H groups in total. The Bertz CT molecular complexity index is 361. The lowest BCUT2D eigenvalue weighted by molar-refractivity contribution is -0.136. The predicted octanol–water partition coefficient (Wildman–Crippen LogP) is 1.66. The van der Waals surface area contributed by atoms with Gasteiger partial charge in [0.25, 0.3) is 0 Å². The lowest BCUT2D eigenvalue weighted by Gasteiger charge is -2.31. The summed E-state index contributed by atoms with van der Waals surface area (Å²) in [4.78, 5) is 28.7. The second kappa shape index (κ2) is 7.78. The van der Waals surface area contributed by atoms with E-state index in [0.29, 0.717) is 13.0 Å². The number of hydrogen-bond acceptors (Lipinski definition) is 3. The fourth-order valence-electron chi connectivity index (χ4n) is 3.38. The Hall–Kier alpha value is -1.10. The quantitative estimate of drug-likeness (QED) is 0.749. The van der Waals surface area contributed by atoms with E-state index in [0.717, 1.165) is 52.0 Å². The van der Waals surface area contributed by atoms with E-state index in [1.54, 1.807) is 0 Å². The molecule has 0 aromatic rings. The fraction of sp³-hybridized carbons (Fsp3) is 0.875. The summed E-state index contributed by atoms with van der Waals surface area (Å²) in [5, 5.41) is 0. The highest BCUT2D eigenvalue weighted by molar-refractivity contribution is 5.89. The van der Waals surface area contributed by atoms with Crippen LogP contribution in [-0.2, 0) is 14.3 Å². The van der Waals surface area contributed by atoms with Crippen LogP contribution in [0.1, 0.15) is 46.0 Å². The molecule has 1 unspecified atom stereocenters. The van der Waals surface area contributed by atoms with Crippen molar-refractivity contribution in [2.75, 3.05) is 32.8 Å². The third-order valence-electron chi connectivity index (χ3n) is 4.44. The first kappa shape index (κ1) is 16.3. The minimum Gasteiger partial charge on any atom is -0.381 e. The Morgan fingerprint density at radius 2 is 1.86 bits per heavy atom.